The molecule has 0 aliphatic carbocycles. The molecule has 7 N–H and O–H groups in total. The number of hydrogen-bond acceptors (Lipinski definition) is 11. The molecule has 1 aromatic heterocycles. The number of aromatic nitrogens is 3. The van der Waals surface area contributed by atoms with Crippen molar-refractivity contribution < 1.29 is 14.9 Å². The Morgan fingerprint density at radius 3 is 2.34 bits per heavy atom. The minimum absolute atomic E-state index is 0. The van der Waals surface area contributed by atoms with Crippen LogP contribution in [-0.2, 0) is 6.61 Å². The standard InChI is InChI=1S/C26H34N8O3.ClH/c27-18-11-19(28)14-34(13-18)26-31-24(30-25(32-26)33-10-4-5-21(35)15-33)29-20-9-8-17(23(36)12-20)16-37-22-6-2-1-3-7-22;/h1-3,6-9,12,18-19,21,35-36H,4-5,10-11,13-16,27-28H2,(H,29,30,31,32);1H/t18-,19+,21-;/m1./s1. The number of nitrogens with two attached hydrogens (primary N) is 2. The molecule has 0 radical (unpaired) electrons. The number of anilines is 4. The van der Waals surface area contributed by atoms with Gasteiger partial charge in [0.15, 0.2) is 0 Å². The molecule has 2 fully saturated rings. The fourth-order valence-electron chi connectivity index (χ4n) is 4.74. The van der Waals surface area contributed by atoms with Gasteiger partial charge in [-0.1, -0.05) is 18.2 Å². The van der Waals surface area contributed by atoms with Gasteiger partial charge in [-0.3, -0.25) is 0 Å². The second-order valence-corrected chi connectivity index (χ2v) is 9.73. The zero-order valence-electron chi connectivity index (χ0n) is 21.1. The molecule has 204 valence electrons. The molecule has 2 aromatic carbocycles. The third-order valence-electron chi connectivity index (χ3n) is 6.57. The van der Waals surface area contributed by atoms with Gasteiger partial charge in [0.1, 0.15) is 18.1 Å². The van der Waals surface area contributed by atoms with Crippen LogP contribution in [0.3, 0.4) is 0 Å². The van der Waals surface area contributed by atoms with Crippen molar-refractivity contribution >= 4 is 35.9 Å². The van der Waals surface area contributed by atoms with E-state index in [1.54, 1.807) is 12.1 Å². The second kappa shape index (κ2) is 12.4. The number of aliphatic hydroxyl groups is 1. The van der Waals surface area contributed by atoms with E-state index in [9.17, 15) is 10.2 Å². The Morgan fingerprint density at radius 1 is 0.947 bits per heavy atom. The molecule has 12 heteroatoms. The van der Waals surface area contributed by atoms with E-state index in [0.29, 0.717) is 48.7 Å². The summed E-state index contributed by atoms with van der Waals surface area (Å²) in [5, 5.41) is 24.0. The number of para-hydroxylation sites is 1. The molecular formula is C26H35ClN8O3. The van der Waals surface area contributed by atoms with Gasteiger partial charge in [-0.05, 0) is 43.5 Å². The van der Waals surface area contributed by atoms with E-state index in [1.165, 1.54) is 0 Å². The van der Waals surface area contributed by atoms with Crippen LogP contribution in [0.25, 0.3) is 0 Å². The van der Waals surface area contributed by atoms with Gasteiger partial charge in [0.25, 0.3) is 0 Å². The average Bonchev–Trinajstić information content (AvgIpc) is 2.88. The maximum atomic E-state index is 10.6. The van der Waals surface area contributed by atoms with Crippen molar-refractivity contribution in [2.75, 3.05) is 41.3 Å². The fourth-order valence-corrected chi connectivity index (χ4v) is 4.74. The summed E-state index contributed by atoms with van der Waals surface area (Å²) in [6.45, 7) is 2.63. The molecule has 2 aliphatic rings. The number of hydrogen-bond donors (Lipinski definition) is 5. The highest BCUT2D eigenvalue weighted by Gasteiger charge is 2.27. The highest BCUT2D eigenvalue weighted by atomic mass is 35.5. The number of piperidine rings is 2. The molecule has 11 nitrogen and oxygen atoms in total. The third-order valence-corrected chi connectivity index (χ3v) is 6.57. The van der Waals surface area contributed by atoms with E-state index in [4.69, 9.17) is 21.2 Å². The first-order valence-electron chi connectivity index (χ1n) is 12.6. The topological polar surface area (TPSA) is 159 Å². The van der Waals surface area contributed by atoms with Crippen LogP contribution < -0.4 is 31.3 Å². The largest absolute Gasteiger partial charge is 0.507 e. The van der Waals surface area contributed by atoms with E-state index in [2.05, 4.69) is 15.3 Å². The molecule has 5 rings (SSSR count). The van der Waals surface area contributed by atoms with Crippen molar-refractivity contribution in [1.29, 1.82) is 0 Å². The predicted octanol–water partition coefficient (Wildman–Crippen LogP) is 2.15. The Hall–Kier alpha value is -3.38. The summed E-state index contributed by atoms with van der Waals surface area (Å²) < 4.78 is 5.76. The number of phenols is 1. The van der Waals surface area contributed by atoms with Gasteiger partial charge in [-0.15, -0.1) is 12.4 Å². The number of rotatable bonds is 7. The number of aromatic hydroxyl groups is 1. The Labute approximate surface area is 228 Å². The molecule has 3 atom stereocenters. The fraction of sp³-hybridized carbons (Fsp3) is 0.423. The smallest absolute Gasteiger partial charge is 0.233 e. The van der Waals surface area contributed by atoms with Gasteiger partial charge in [0.05, 0.1) is 6.10 Å². The van der Waals surface area contributed by atoms with Crippen LogP contribution >= 0.6 is 12.4 Å². The lowest BCUT2D eigenvalue weighted by molar-refractivity contribution is 0.153. The van der Waals surface area contributed by atoms with Crippen molar-refractivity contribution in [2.24, 2.45) is 11.5 Å². The molecule has 3 aromatic rings. The molecule has 2 saturated heterocycles. The van der Waals surface area contributed by atoms with Gasteiger partial charge in [0, 0.05) is 55.6 Å². The summed E-state index contributed by atoms with van der Waals surface area (Å²) in [4.78, 5) is 17.9. The van der Waals surface area contributed by atoms with Gasteiger partial charge in [-0.2, -0.15) is 15.0 Å². The van der Waals surface area contributed by atoms with Gasteiger partial charge < -0.3 is 41.5 Å². The summed E-state index contributed by atoms with van der Waals surface area (Å²) in [7, 11) is 0. The van der Waals surface area contributed by atoms with Crippen molar-refractivity contribution in [1.82, 2.24) is 15.0 Å². The van der Waals surface area contributed by atoms with Crippen molar-refractivity contribution in [3.05, 3.63) is 54.1 Å². The van der Waals surface area contributed by atoms with Crippen LogP contribution in [0.1, 0.15) is 24.8 Å². The molecule has 0 spiro atoms. The first kappa shape index (κ1) is 27.6. The normalized spacial score (nSPS) is 21.5. The zero-order valence-corrected chi connectivity index (χ0v) is 21.9. The Bertz CT molecular complexity index is 1190. The number of phenolic OH excluding ortho intramolecular Hbond substituents is 1. The molecule has 0 bridgehead atoms. The highest BCUT2D eigenvalue weighted by molar-refractivity contribution is 5.85. The Kier molecular flexibility index (Phi) is 9.05. The molecular weight excluding hydrogens is 508 g/mol. The van der Waals surface area contributed by atoms with E-state index in [1.807, 2.05) is 46.2 Å². The average molecular weight is 543 g/mol. The van der Waals surface area contributed by atoms with E-state index in [-0.39, 0.29) is 36.8 Å². The van der Waals surface area contributed by atoms with Crippen LogP contribution in [0.5, 0.6) is 11.5 Å². The first-order valence-corrected chi connectivity index (χ1v) is 12.6. The van der Waals surface area contributed by atoms with Crippen LogP contribution in [0.2, 0.25) is 0 Å². The maximum Gasteiger partial charge on any atom is 0.233 e. The molecule has 0 unspecified atom stereocenters. The van der Waals surface area contributed by atoms with E-state index < -0.39 is 6.10 Å². The van der Waals surface area contributed by atoms with Crippen LogP contribution in [0.4, 0.5) is 23.5 Å². The molecule has 0 amide bonds. The summed E-state index contributed by atoms with van der Waals surface area (Å²) in [5.41, 5.74) is 13.7. The number of nitrogens with zero attached hydrogens (tertiary/aromatic N) is 5. The quantitative estimate of drug-likeness (QED) is 0.297. The third kappa shape index (κ3) is 6.93. The lowest BCUT2D eigenvalue weighted by Gasteiger charge is -2.35. The van der Waals surface area contributed by atoms with Gasteiger partial charge in [0.2, 0.25) is 17.8 Å². The number of ether oxygens (including phenoxy) is 1. The SMILES string of the molecule is Cl.N[C@@H]1C[C@H](N)CN(c2nc(Nc3ccc(COc4ccccc4)c(O)c3)nc(N3CCC[C@@H](O)C3)n2)C1. The van der Waals surface area contributed by atoms with Gasteiger partial charge in [-0.25, -0.2) is 0 Å². The maximum absolute atomic E-state index is 10.6. The number of nitrogens with one attached hydrogen (secondary N) is 1. The zero-order chi connectivity index (χ0) is 25.8. The number of halogens is 1. The summed E-state index contributed by atoms with van der Waals surface area (Å²) in [5.74, 6) is 2.13. The summed E-state index contributed by atoms with van der Waals surface area (Å²) in [6, 6.07) is 14.6. The molecule has 38 heavy (non-hydrogen) atoms. The first-order chi connectivity index (χ1) is 17.9. The molecule has 2 aliphatic heterocycles. The second-order valence-electron chi connectivity index (χ2n) is 9.73. The number of aliphatic hydroxyl groups excluding tert-OH is 1. The summed E-state index contributed by atoms with van der Waals surface area (Å²) in [6.07, 6.45) is 1.93. The molecule has 0 saturated carbocycles. The highest BCUT2D eigenvalue weighted by Crippen LogP contribution is 2.27. The monoisotopic (exact) mass is 542 g/mol. The number of benzene rings is 2. The van der Waals surface area contributed by atoms with Crippen molar-refractivity contribution in [3.8, 4) is 11.5 Å². The van der Waals surface area contributed by atoms with E-state index in [0.717, 1.165) is 31.6 Å². The van der Waals surface area contributed by atoms with Gasteiger partial charge >= 0.3 is 0 Å². The Balaban J connectivity index is 0.00000336. The lowest BCUT2D eigenvalue weighted by Crippen LogP contribution is -2.53. The van der Waals surface area contributed by atoms with Crippen LogP contribution in [-0.4, -0.2) is 69.5 Å². The van der Waals surface area contributed by atoms with Crippen LogP contribution in [0, 0.1) is 0 Å². The van der Waals surface area contributed by atoms with Crippen molar-refractivity contribution in [2.45, 2.75) is 44.1 Å². The van der Waals surface area contributed by atoms with Crippen LogP contribution in [0.15, 0.2) is 48.5 Å². The lowest BCUT2D eigenvalue weighted by atomic mass is 10.0. The Morgan fingerprint density at radius 2 is 1.66 bits per heavy atom. The minimum atomic E-state index is -0.426. The predicted molar refractivity (Wildman–Crippen MR) is 149 cm³/mol. The molecule has 3 heterocycles. The van der Waals surface area contributed by atoms with Crippen molar-refractivity contribution in [3.63, 3.8) is 0 Å². The summed E-state index contributed by atoms with van der Waals surface area (Å²) >= 11 is 0. The van der Waals surface area contributed by atoms with E-state index >= 15 is 0 Å². The number of β-amino-alcohol motifs (C(OH)–C–C–N with tert-alkyl or cyclic N) is 1. The minimum Gasteiger partial charge on any atom is -0.507 e.